The van der Waals surface area contributed by atoms with Crippen molar-refractivity contribution >= 4 is 33.2 Å². The Kier molecular flexibility index (Phi) is 2.49. The van der Waals surface area contributed by atoms with Crippen molar-refractivity contribution in [3.63, 3.8) is 0 Å². The number of anilines is 1. The SMILES string of the molecule is OC1CN(c2cc(Br)ccc2Cl)C1. The average Bonchev–Trinajstić information content (AvgIpc) is 2.04. The van der Waals surface area contributed by atoms with E-state index in [1.165, 1.54) is 0 Å². The molecule has 1 saturated heterocycles. The van der Waals surface area contributed by atoms with E-state index in [9.17, 15) is 0 Å². The Hall–Kier alpha value is -0.250. The fourth-order valence-corrected chi connectivity index (χ4v) is 1.97. The first-order chi connectivity index (χ1) is 6.16. The van der Waals surface area contributed by atoms with E-state index in [0.29, 0.717) is 13.1 Å². The van der Waals surface area contributed by atoms with Gasteiger partial charge < -0.3 is 10.0 Å². The fourth-order valence-electron chi connectivity index (χ4n) is 1.38. The summed E-state index contributed by atoms with van der Waals surface area (Å²) in [5, 5.41) is 9.87. The third-order valence-corrected chi connectivity index (χ3v) is 2.92. The highest BCUT2D eigenvalue weighted by Crippen LogP contribution is 2.31. The summed E-state index contributed by atoms with van der Waals surface area (Å²) in [7, 11) is 0. The predicted octanol–water partition coefficient (Wildman–Crippen LogP) is 2.28. The lowest BCUT2D eigenvalue weighted by Crippen LogP contribution is -2.50. The molecule has 1 N–H and O–H groups in total. The normalized spacial score (nSPS) is 17.3. The fraction of sp³-hybridized carbons (Fsp3) is 0.333. The van der Waals surface area contributed by atoms with Crippen LogP contribution in [0.25, 0.3) is 0 Å². The molecule has 1 aromatic carbocycles. The van der Waals surface area contributed by atoms with Gasteiger partial charge in [0, 0.05) is 17.6 Å². The average molecular weight is 263 g/mol. The molecule has 0 aliphatic carbocycles. The second-order valence-electron chi connectivity index (χ2n) is 3.15. The zero-order valence-corrected chi connectivity index (χ0v) is 9.22. The van der Waals surface area contributed by atoms with Crippen molar-refractivity contribution < 1.29 is 5.11 Å². The van der Waals surface area contributed by atoms with Crippen LogP contribution in [0, 0.1) is 0 Å². The molecule has 0 atom stereocenters. The molecule has 0 aromatic heterocycles. The molecule has 1 aliphatic rings. The summed E-state index contributed by atoms with van der Waals surface area (Å²) in [6, 6.07) is 5.72. The van der Waals surface area contributed by atoms with Crippen LogP contribution in [0.2, 0.25) is 5.02 Å². The maximum atomic E-state index is 9.14. The Morgan fingerprint density at radius 3 is 2.77 bits per heavy atom. The van der Waals surface area contributed by atoms with Gasteiger partial charge in [-0.25, -0.2) is 0 Å². The van der Waals surface area contributed by atoms with Crippen LogP contribution in [0.4, 0.5) is 5.69 Å². The van der Waals surface area contributed by atoms with Gasteiger partial charge in [-0.05, 0) is 18.2 Å². The Bertz CT molecular complexity index is 325. The zero-order chi connectivity index (χ0) is 9.42. The molecule has 1 aromatic rings. The number of halogens is 2. The minimum absolute atomic E-state index is 0.199. The number of aliphatic hydroxyl groups is 1. The molecule has 1 aliphatic heterocycles. The van der Waals surface area contributed by atoms with Gasteiger partial charge >= 0.3 is 0 Å². The van der Waals surface area contributed by atoms with Gasteiger partial charge in [-0.2, -0.15) is 0 Å². The van der Waals surface area contributed by atoms with Gasteiger partial charge in [-0.1, -0.05) is 27.5 Å². The number of nitrogens with zero attached hydrogens (tertiary/aromatic N) is 1. The Morgan fingerprint density at radius 1 is 1.46 bits per heavy atom. The van der Waals surface area contributed by atoms with Crippen molar-refractivity contribution in [3.8, 4) is 0 Å². The number of benzene rings is 1. The van der Waals surface area contributed by atoms with Crippen molar-refractivity contribution in [3.05, 3.63) is 27.7 Å². The van der Waals surface area contributed by atoms with Crippen molar-refractivity contribution in [2.45, 2.75) is 6.10 Å². The number of rotatable bonds is 1. The lowest BCUT2D eigenvalue weighted by Gasteiger charge is -2.38. The van der Waals surface area contributed by atoms with Gasteiger partial charge in [0.2, 0.25) is 0 Å². The summed E-state index contributed by atoms with van der Waals surface area (Å²) in [5.74, 6) is 0. The van der Waals surface area contributed by atoms with Crippen LogP contribution in [0.15, 0.2) is 22.7 Å². The van der Waals surface area contributed by atoms with E-state index < -0.39 is 0 Å². The highest BCUT2D eigenvalue weighted by Gasteiger charge is 2.25. The Labute approximate surface area is 90.2 Å². The summed E-state index contributed by atoms with van der Waals surface area (Å²) in [4.78, 5) is 2.05. The smallest absolute Gasteiger partial charge is 0.0889 e. The molecule has 0 spiro atoms. The lowest BCUT2D eigenvalue weighted by atomic mass is 10.1. The molecule has 70 valence electrons. The van der Waals surface area contributed by atoms with E-state index >= 15 is 0 Å². The van der Waals surface area contributed by atoms with Crippen LogP contribution in [-0.2, 0) is 0 Å². The zero-order valence-electron chi connectivity index (χ0n) is 6.87. The second-order valence-corrected chi connectivity index (χ2v) is 4.48. The van der Waals surface area contributed by atoms with Crippen molar-refractivity contribution in [1.29, 1.82) is 0 Å². The molecule has 0 radical (unpaired) electrons. The minimum Gasteiger partial charge on any atom is -0.389 e. The van der Waals surface area contributed by atoms with Gasteiger partial charge in [0.15, 0.2) is 0 Å². The van der Waals surface area contributed by atoms with E-state index in [4.69, 9.17) is 16.7 Å². The number of aliphatic hydroxyl groups excluding tert-OH is 1. The standard InChI is InChI=1S/C9H9BrClNO/c10-6-1-2-8(11)9(3-6)12-4-7(13)5-12/h1-3,7,13H,4-5H2. The molecular formula is C9H9BrClNO. The third kappa shape index (κ3) is 1.82. The van der Waals surface area contributed by atoms with Crippen molar-refractivity contribution in [2.24, 2.45) is 0 Å². The van der Waals surface area contributed by atoms with E-state index in [1.54, 1.807) is 0 Å². The molecule has 0 saturated carbocycles. The largest absolute Gasteiger partial charge is 0.389 e. The van der Waals surface area contributed by atoms with E-state index in [0.717, 1.165) is 15.2 Å². The molecule has 2 nitrogen and oxygen atoms in total. The van der Waals surface area contributed by atoms with E-state index in [2.05, 4.69) is 20.8 Å². The maximum absolute atomic E-state index is 9.14. The van der Waals surface area contributed by atoms with Crippen molar-refractivity contribution in [1.82, 2.24) is 0 Å². The highest BCUT2D eigenvalue weighted by atomic mass is 79.9. The van der Waals surface area contributed by atoms with Gasteiger partial charge in [-0.15, -0.1) is 0 Å². The number of hydrogen-bond donors (Lipinski definition) is 1. The van der Waals surface area contributed by atoms with Crippen LogP contribution >= 0.6 is 27.5 Å². The summed E-state index contributed by atoms with van der Waals surface area (Å²) < 4.78 is 1.01. The molecule has 4 heteroatoms. The van der Waals surface area contributed by atoms with Gasteiger partial charge in [0.25, 0.3) is 0 Å². The minimum atomic E-state index is -0.199. The van der Waals surface area contributed by atoms with Gasteiger partial charge in [-0.3, -0.25) is 0 Å². The first kappa shape index (κ1) is 9.31. The van der Waals surface area contributed by atoms with Crippen LogP contribution in [0.1, 0.15) is 0 Å². The number of β-amino-alcohol motifs (C(OH)–C–C–N with tert-alkyl or cyclic N) is 1. The molecule has 0 unspecified atom stereocenters. The Balaban J connectivity index is 2.24. The monoisotopic (exact) mass is 261 g/mol. The third-order valence-electron chi connectivity index (χ3n) is 2.11. The molecule has 0 bridgehead atoms. The van der Waals surface area contributed by atoms with Crippen molar-refractivity contribution in [2.75, 3.05) is 18.0 Å². The molecule has 0 amide bonds. The molecule has 1 heterocycles. The lowest BCUT2D eigenvalue weighted by molar-refractivity contribution is 0.142. The molecule has 13 heavy (non-hydrogen) atoms. The predicted molar refractivity (Wildman–Crippen MR) is 57.4 cm³/mol. The topological polar surface area (TPSA) is 23.5 Å². The first-order valence-corrected chi connectivity index (χ1v) is 5.22. The quantitative estimate of drug-likeness (QED) is 0.839. The first-order valence-electron chi connectivity index (χ1n) is 4.05. The summed E-state index contributed by atoms with van der Waals surface area (Å²) in [5.41, 5.74) is 0.987. The van der Waals surface area contributed by atoms with Gasteiger partial charge in [0.05, 0.1) is 16.8 Å². The summed E-state index contributed by atoms with van der Waals surface area (Å²) >= 11 is 9.39. The molecule has 1 fully saturated rings. The second kappa shape index (κ2) is 3.48. The Morgan fingerprint density at radius 2 is 2.15 bits per heavy atom. The number of hydrogen-bond acceptors (Lipinski definition) is 2. The molecular weight excluding hydrogens is 253 g/mol. The molecule has 2 rings (SSSR count). The highest BCUT2D eigenvalue weighted by molar-refractivity contribution is 9.10. The van der Waals surface area contributed by atoms with Gasteiger partial charge in [0.1, 0.15) is 0 Å². The van der Waals surface area contributed by atoms with E-state index in [-0.39, 0.29) is 6.10 Å². The van der Waals surface area contributed by atoms with E-state index in [1.807, 2.05) is 18.2 Å². The van der Waals surface area contributed by atoms with Crippen LogP contribution in [-0.4, -0.2) is 24.3 Å². The van der Waals surface area contributed by atoms with Crippen LogP contribution in [0.3, 0.4) is 0 Å². The summed E-state index contributed by atoms with van der Waals surface area (Å²) in [6.07, 6.45) is -0.199. The van der Waals surface area contributed by atoms with Crippen LogP contribution < -0.4 is 4.90 Å². The maximum Gasteiger partial charge on any atom is 0.0889 e. The summed E-state index contributed by atoms with van der Waals surface area (Å²) in [6.45, 7) is 1.35. The van der Waals surface area contributed by atoms with Crippen LogP contribution in [0.5, 0.6) is 0 Å².